The second kappa shape index (κ2) is 9.46. The zero-order valence-electron chi connectivity index (χ0n) is 17.6. The molecular formula is C20H25ClN6O4. The number of halogens is 1. The summed E-state index contributed by atoms with van der Waals surface area (Å²) in [6, 6.07) is 4.44. The number of carbonyl (C=O) groups is 1. The van der Waals surface area contributed by atoms with E-state index in [9.17, 15) is 9.90 Å². The Hall–Kier alpha value is -2.95. The molecule has 0 amide bonds. The van der Waals surface area contributed by atoms with Crippen molar-refractivity contribution in [2.75, 3.05) is 17.2 Å². The van der Waals surface area contributed by atoms with Crippen molar-refractivity contribution in [2.45, 2.75) is 39.8 Å². The second-order valence-electron chi connectivity index (χ2n) is 7.69. The number of hydrogen-bond donors (Lipinski definition) is 4. The van der Waals surface area contributed by atoms with Gasteiger partial charge in [-0.05, 0) is 38.0 Å². The first-order valence-electron chi connectivity index (χ1n) is 9.79. The lowest BCUT2D eigenvalue weighted by Crippen LogP contribution is -2.30. The molecule has 0 saturated heterocycles. The topological polar surface area (TPSA) is 134 Å². The number of carbonyl (C=O) groups excluding carboxylic acids is 1. The van der Waals surface area contributed by atoms with Crippen molar-refractivity contribution >= 4 is 46.2 Å². The van der Waals surface area contributed by atoms with Gasteiger partial charge in [0.1, 0.15) is 0 Å². The molecule has 10 nitrogen and oxygen atoms in total. The molecule has 0 aliphatic carbocycles. The molecule has 2 aromatic heterocycles. The highest BCUT2D eigenvalue weighted by Gasteiger charge is 2.19. The van der Waals surface area contributed by atoms with Crippen LogP contribution >= 0.6 is 11.6 Å². The molecule has 0 saturated carbocycles. The van der Waals surface area contributed by atoms with Crippen LogP contribution in [0.3, 0.4) is 0 Å². The van der Waals surface area contributed by atoms with Crippen molar-refractivity contribution in [3.63, 3.8) is 0 Å². The van der Waals surface area contributed by atoms with Gasteiger partial charge in [0.05, 0.1) is 29.6 Å². The van der Waals surface area contributed by atoms with Gasteiger partial charge in [-0.15, -0.1) is 0 Å². The molecule has 1 aromatic carbocycles. The quantitative estimate of drug-likeness (QED) is 0.299. The van der Waals surface area contributed by atoms with Crippen LogP contribution in [0.1, 0.15) is 44.1 Å². The van der Waals surface area contributed by atoms with Crippen LogP contribution in [-0.2, 0) is 4.89 Å². The first kappa shape index (κ1) is 22.7. The van der Waals surface area contributed by atoms with Crippen molar-refractivity contribution in [3.05, 3.63) is 35.1 Å². The molecule has 3 rings (SSSR count). The number of benzene rings is 1. The zero-order chi connectivity index (χ0) is 22.7. The Balaban J connectivity index is 2.04. The van der Waals surface area contributed by atoms with E-state index in [-0.39, 0.29) is 35.2 Å². The van der Waals surface area contributed by atoms with Crippen molar-refractivity contribution in [2.24, 2.45) is 5.92 Å². The normalized spacial score (nSPS) is 12.4. The smallest absolute Gasteiger partial charge is 0.374 e. The molecule has 11 heteroatoms. The maximum absolute atomic E-state index is 11.5. The van der Waals surface area contributed by atoms with E-state index in [1.54, 1.807) is 12.4 Å². The van der Waals surface area contributed by atoms with E-state index < -0.39 is 5.97 Å². The van der Waals surface area contributed by atoms with Gasteiger partial charge in [0.25, 0.3) is 0 Å². The average molecular weight is 449 g/mol. The molecule has 1 atom stereocenters. The summed E-state index contributed by atoms with van der Waals surface area (Å²) < 4.78 is 1.92. The predicted molar refractivity (Wildman–Crippen MR) is 118 cm³/mol. The molecule has 0 spiro atoms. The lowest BCUT2D eigenvalue weighted by Gasteiger charge is -2.20. The fraction of sp³-hybridized carbons (Fsp3) is 0.400. The molecule has 4 N–H and O–H groups in total. The fourth-order valence-corrected chi connectivity index (χ4v) is 3.24. The van der Waals surface area contributed by atoms with Crippen molar-refractivity contribution in [1.82, 2.24) is 19.5 Å². The molecule has 0 aliphatic rings. The SMILES string of the molecule is CC(C)[C@H](CO)Nc1nc(Nc2ccc(C(=O)OO)c(Cl)c2)c2ncn(C(C)C)c2n1. The molecule has 0 aliphatic heterocycles. The Morgan fingerprint density at radius 2 is 2.00 bits per heavy atom. The molecule has 0 fully saturated rings. The Labute approximate surface area is 184 Å². The van der Waals surface area contributed by atoms with Gasteiger partial charge in [-0.3, -0.25) is 4.89 Å². The van der Waals surface area contributed by atoms with E-state index in [4.69, 9.17) is 16.9 Å². The van der Waals surface area contributed by atoms with Gasteiger partial charge in [0.2, 0.25) is 5.95 Å². The standard InChI is InChI=1S/C20H25ClN6O4/c1-10(2)15(8-28)24-20-25-17(16-18(26-20)27(9-22-16)11(3)4)23-12-5-6-13(14(21)7-12)19(29)31-30/h5-7,9-11,15,28,30H,8H2,1-4H3,(H2,23,24,25,26)/t15-/m0/s1. The molecule has 166 valence electrons. The van der Waals surface area contributed by atoms with Crippen molar-refractivity contribution < 1.29 is 20.0 Å². The third kappa shape index (κ3) is 4.87. The highest BCUT2D eigenvalue weighted by molar-refractivity contribution is 6.33. The lowest BCUT2D eigenvalue weighted by atomic mass is 10.1. The number of hydrogen-bond acceptors (Lipinski definition) is 9. The Kier molecular flexibility index (Phi) is 6.94. The Morgan fingerprint density at radius 3 is 2.58 bits per heavy atom. The van der Waals surface area contributed by atoms with E-state index in [1.807, 2.05) is 32.3 Å². The summed E-state index contributed by atoms with van der Waals surface area (Å²) in [7, 11) is 0. The summed E-state index contributed by atoms with van der Waals surface area (Å²) in [6.45, 7) is 7.96. The van der Waals surface area contributed by atoms with Crippen LogP contribution in [0.15, 0.2) is 24.5 Å². The minimum Gasteiger partial charge on any atom is -0.394 e. The van der Waals surface area contributed by atoms with Crippen LogP contribution in [0.5, 0.6) is 0 Å². The third-order valence-corrected chi connectivity index (χ3v) is 5.14. The summed E-state index contributed by atoms with van der Waals surface area (Å²) in [4.78, 5) is 28.9. The molecular weight excluding hydrogens is 424 g/mol. The number of nitrogens with zero attached hydrogens (tertiary/aromatic N) is 4. The van der Waals surface area contributed by atoms with E-state index in [0.29, 0.717) is 28.6 Å². The number of aliphatic hydroxyl groups is 1. The number of aromatic nitrogens is 4. The van der Waals surface area contributed by atoms with Gasteiger partial charge < -0.3 is 20.3 Å². The van der Waals surface area contributed by atoms with Crippen LogP contribution in [-0.4, -0.2) is 48.5 Å². The number of rotatable bonds is 8. The second-order valence-corrected chi connectivity index (χ2v) is 8.10. The maximum Gasteiger partial charge on any atom is 0.374 e. The molecule has 31 heavy (non-hydrogen) atoms. The van der Waals surface area contributed by atoms with E-state index in [1.165, 1.54) is 12.1 Å². The lowest BCUT2D eigenvalue weighted by molar-refractivity contribution is -0.182. The minimum atomic E-state index is -0.952. The third-order valence-electron chi connectivity index (χ3n) is 4.83. The van der Waals surface area contributed by atoms with Gasteiger partial charge in [-0.2, -0.15) is 15.2 Å². The number of nitrogens with one attached hydrogen (secondary N) is 2. The molecule has 0 radical (unpaired) electrons. The average Bonchev–Trinajstić information content (AvgIpc) is 3.16. The largest absolute Gasteiger partial charge is 0.394 e. The van der Waals surface area contributed by atoms with Crippen molar-refractivity contribution in [1.29, 1.82) is 0 Å². The highest BCUT2D eigenvalue weighted by atomic mass is 35.5. The van der Waals surface area contributed by atoms with Gasteiger partial charge in [-0.25, -0.2) is 9.78 Å². The fourth-order valence-electron chi connectivity index (χ4n) is 2.98. The van der Waals surface area contributed by atoms with Crippen LogP contribution in [0.25, 0.3) is 11.2 Å². The van der Waals surface area contributed by atoms with Crippen LogP contribution < -0.4 is 10.6 Å². The van der Waals surface area contributed by atoms with E-state index in [2.05, 4.69) is 30.5 Å². The van der Waals surface area contributed by atoms with Crippen molar-refractivity contribution in [3.8, 4) is 0 Å². The number of fused-ring (bicyclic) bond motifs is 1. The van der Waals surface area contributed by atoms with E-state index in [0.717, 1.165) is 0 Å². The molecule has 0 bridgehead atoms. The van der Waals surface area contributed by atoms with Gasteiger partial charge in [-0.1, -0.05) is 25.4 Å². The number of anilines is 3. The first-order chi connectivity index (χ1) is 14.7. The highest BCUT2D eigenvalue weighted by Crippen LogP contribution is 2.29. The Morgan fingerprint density at radius 1 is 1.26 bits per heavy atom. The minimum absolute atomic E-state index is 0.0247. The van der Waals surface area contributed by atoms with Gasteiger partial charge in [0, 0.05) is 11.7 Å². The molecule has 0 unspecified atom stereocenters. The first-order valence-corrected chi connectivity index (χ1v) is 10.2. The van der Waals surface area contributed by atoms with Crippen LogP contribution in [0.2, 0.25) is 5.02 Å². The summed E-state index contributed by atoms with van der Waals surface area (Å²) in [6.07, 6.45) is 1.69. The molecule has 2 heterocycles. The monoisotopic (exact) mass is 448 g/mol. The van der Waals surface area contributed by atoms with Gasteiger partial charge >= 0.3 is 5.97 Å². The predicted octanol–water partition coefficient (Wildman–Crippen LogP) is 3.86. The summed E-state index contributed by atoms with van der Waals surface area (Å²) in [5.74, 6) is -0.0159. The van der Waals surface area contributed by atoms with E-state index >= 15 is 0 Å². The Bertz CT molecular complexity index is 1080. The molecule has 3 aromatic rings. The maximum atomic E-state index is 11.5. The van der Waals surface area contributed by atoms with Crippen LogP contribution in [0, 0.1) is 5.92 Å². The van der Waals surface area contributed by atoms with Crippen LogP contribution in [0.4, 0.5) is 17.5 Å². The van der Waals surface area contributed by atoms with Gasteiger partial charge in [0.15, 0.2) is 17.0 Å². The number of aliphatic hydroxyl groups excluding tert-OH is 1. The summed E-state index contributed by atoms with van der Waals surface area (Å²) in [5, 5.41) is 24.7. The number of imidazole rings is 1. The zero-order valence-corrected chi connectivity index (χ0v) is 18.4. The summed E-state index contributed by atoms with van der Waals surface area (Å²) in [5.41, 5.74) is 1.75. The summed E-state index contributed by atoms with van der Waals surface area (Å²) >= 11 is 6.14.